The van der Waals surface area contributed by atoms with Crippen molar-refractivity contribution in [2.75, 3.05) is 13.7 Å². The number of rotatable bonds is 6. The van der Waals surface area contributed by atoms with Crippen LogP contribution in [0.5, 0.6) is 0 Å². The molecular formula is C13H19NO3. The van der Waals surface area contributed by atoms with Crippen molar-refractivity contribution in [1.29, 1.82) is 0 Å². The molecule has 0 aromatic heterocycles. The zero-order valence-corrected chi connectivity index (χ0v) is 10.3. The molecule has 1 aromatic rings. The molecule has 0 aliphatic rings. The number of hydrogen-bond acceptors (Lipinski definition) is 4. The summed E-state index contributed by atoms with van der Waals surface area (Å²) in [6.07, 6.45) is 0.206. The summed E-state index contributed by atoms with van der Waals surface area (Å²) in [6.45, 7) is 2.74. The summed E-state index contributed by atoms with van der Waals surface area (Å²) in [6, 6.07) is 7.41. The van der Waals surface area contributed by atoms with Gasteiger partial charge in [0.2, 0.25) is 0 Å². The van der Waals surface area contributed by atoms with Gasteiger partial charge < -0.3 is 15.2 Å². The Kier molecular flexibility index (Phi) is 5.66. The first-order chi connectivity index (χ1) is 8.17. The lowest BCUT2D eigenvalue weighted by atomic mass is 10.0. The first-order valence-electron chi connectivity index (χ1n) is 5.66. The van der Waals surface area contributed by atoms with Crippen molar-refractivity contribution < 1.29 is 14.3 Å². The number of esters is 1. The van der Waals surface area contributed by atoms with Gasteiger partial charge in [0.15, 0.2) is 0 Å². The standard InChI is InChI=1S/C13H19NO3/c1-3-17-13(15)8-12(14)11-6-4-10(5-7-11)9-16-2/h4-7,12H,3,8-9,14H2,1-2H3/t12-/m0/s1. The molecule has 0 radical (unpaired) electrons. The summed E-state index contributed by atoms with van der Waals surface area (Å²) in [5.74, 6) is -0.263. The summed E-state index contributed by atoms with van der Waals surface area (Å²) in [5, 5.41) is 0. The van der Waals surface area contributed by atoms with Gasteiger partial charge in [-0.25, -0.2) is 0 Å². The third-order valence-corrected chi connectivity index (χ3v) is 2.41. The average Bonchev–Trinajstić information content (AvgIpc) is 2.30. The molecule has 0 amide bonds. The third-order valence-electron chi connectivity index (χ3n) is 2.41. The van der Waals surface area contributed by atoms with E-state index < -0.39 is 0 Å². The molecular weight excluding hydrogens is 218 g/mol. The van der Waals surface area contributed by atoms with E-state index in [0.717, 1.165) is 11.1 Å². The lowest BCUT2D eigenvalue weighted by Gasteiger charge is -2.11. The smallest absolute Gasteiger partial charge is 0.307 e. The van der Waals surface area contributed by atoms with E-state index in [1.54, 1.807) is 14.0 Å². The van der Waals surface area contributed by atoms with Crippen molar-refractivity contribution in [2.45, 2.75) is 26.0 Å². The maximum atomic E-state index is 11.3. The highest BCUT2D eigenvalue weighted by atomic mass is 16.5. The zero-order chi connectivity index (χ0) is 12.7. The fourth-order valence-corrected chi connectivity index (χ4v) is 1.55. The van der Waals surface area contributed by atoms with Crippen molar-refractivity contribution in [1.82, 2.24) is 0 Å². The molecule has 1 atom stereocenters. The monoisotopic (exact) mass is 237 g/mol. The first kappa shape index (κ1) is 13.7. The predicted octanol–water partition coefficient (Wildman–Crippen LogP) is 1.79. The maximum absolute atomic E-state index is 11.3. The summed E-state index contributed by atoms with van der Waals surface area (Å²) < 4.78 is 9.88. The molecule has 4 heteroatoms. The molecule has 1 rings (SSSR count). The zero-order valence-electron chi connectivity index (χ0n) is 10.3. The van der Waals surface area contributed by atoms with Gasteiger partial charge in [0.25, 0.3) is 0 Å². The number of nitrogens with two attached hydrogens (primary N) is 1. The molecule has 0 fully saturated rings. The van der Waals surface area contributed by atoms with E-state index in [9.17, 15) is 4.79 Å². The Labute approximate surface area is 102 Å². The molecule has 0 saturated heterocycles. The third kappa shape index (κ3) is 4.54. The van der Waals surface area contributed by atoms with Gasteiger partial charge in [0, 0.05) is 13.2 Å². The van der Waals surface area contributed by atoms with Crippen molar-refractivity contribution in [3.8, 4) is 0 Å². The Bertz CT molecular complexity index is 348. The van der Waals surface area contributed by atoms with Gasteiger partial charge in [0.05, 0.1) is 19.6 Å². The van der Waals surface area contributed by atoms with Gasteiger partial charge in [-0.1, -0.05) is 24.3 Å². The fraction of sp³-hybridized carbons (Fsp3) is 0.462. The van der Waals surface area contributed by atoms with Gasteiger partial charge >= 0.3 is 5.97 Å². The van der Waals surface area contributed by atoms with Gasteiger partial charge in [-0.2, -0.15) is 0 Å². The number of carbonyl (C=O) groups is 1. The van der Waals surface area contributed by atoms with Gasteiger partial charge in [-0.3, -0.25) is 4.79 Å². The van der Waals surface area contributed by atoms with E-state index in [0.29, 0.717) is 13.2 Å². The summed E-state index contributed by atoms with van der Waals surface area (Å²) >= 11 is 0. The highest BCUT2D eigenvalue weighted by Crippen LogP contribution is 2.15. The minimum atomic E-state index is -0.314. The molecule has 1 aromatic carbocycles. The van der Waals surface area contributed by atoms with E-state index in [2.05, 4.69) is 0 Å². The Morgan fingerprint density at radius 3 is 2.53 bits per heavy atom. The quantitative estimate of drug-likeness (QED) is 0.766. The fourth-order valence-electron chi connectivity index (χ4n) is 1.55. The van der Waals surface area contributed by atoms with E-state index >= 15 is 0 Å². The summed E-state index contributed by atoms with van der Waals surface area (Å²) in [4.78, 5) is 11.3. The van der Waals surface area contributed by atoms with Crippen LogP contribution >= 0.6 is 0 Å². The molecule has 0 aliphatic carbocycles. The SMILES string of the molecule is CCOC(=O)C[C@H](N)c1ccc(COC)cc1. The molecule has 2 N–H and O–H groups in total. The van der Waals surface area contributed by atoms with Crippen molar-refractivity contribution in [3.05, 3.63) is 35.4 Å². The Morgan fingerprint density at radius 1 is 1.35 bits per heavy atom. The van der Waals surface area contributed by atoms with Crippen LogP contribution < -0.4 is 5.73 Å². The lowest BCUT2D eigenvalue weighted by Crippen LogP contribution is -2.17. The molecule has 0 saturated carbocycles. The summed E-state index contributed by atoms with van der Waals surface area (Å²) in [7, 11) is 1.65. The maximum Gasteiger partial charge on any atom is 0.307 e. The van der Waals surface area contributed by atoms with Crippen LogP contribution in [0.25, 0.3) is 0 Å². The Hall–Kier alpha value is -1.39. The van der Waals surface area contributed by atoms with E-state index in [1.807, 2.05) is 24.3 Å². The van der Waals surface area contributed by atoms with E-state index in [1.165, 1.54) is 0 Å². The van der Waals surface area contributed by atoms with Gasteiger partial charge in [-0.15, -0.1) is 0 Å². The Morgan fingerprint density at radius 2 is 2.00 bits per heavy atom. The van der Waals surface area contributed by atoms with Crippen LogP contribution in [0.4, 0.5) is 0 Å². The highest BCUT2D eigenvalue weighted by molar-refractivity contribution is 5.70. The number of hydrogen-bond donors (Lipinski definition) is 1. The molecule has 94 valence electrons. The second-order valence-electron chi connectivity index (χ2n) is 3.79. The van der Waals surface area contributed by atoms with Crippen LogP contribution in [-0.2, 0) is 20.9 Å². The molecule has 0 aliphatic heterocycles. The topological polar surface area (TPSA) is 61.5 Å². The van der Waals surface area contributed by atoms with Gasteiger partial charge in [0.1, 0.15) is 0 Å². The first-order valence-corrected chi connectivity index (χ1v) is 5.66. The normalized spacial score (nSPS) is 12.2. The molecule has 0 bridgehead atoms. The number of carbonyl (C=O) groups excluding carboxylic acids is 1. The Balaban J connectivity index is 2.56. The second kappa shape index (κ2) is 7.04. The molecule has 17 heavy (non-hydrogen) atoms. The van der Waals surface area contributed by atoms with Crippen LogP contribution in [0.1, 0.15) is 30.5 Å². The number of methoxy groups -OCH3 is 1. The van der Waals surface area contributed by atoms with Crippen LogP contribution in [0.2, 0.25) is 0 Å². The average molecular weight is 237 g/mol. The van der Waals surface area contributed by atoms with Crippen LogP contribution in [0.3, 0.4) is 0 Å². The largest absolute Gasteiger partial charge is 0.466 e. The molecule has 0 heterocycles. The van der Waals surface area contributed by atoms with Crippen molar-refractivity contribution in [3.63, 3.8) is 0 Å². The minimum absolute atomic E-state index is 0.206. The van der Waals surface area contributed by atoms with Crippen molar-refractivity contribution in [2.24, 2.45) is 5.73 Å². The number of ether oxygens (including phenoxy) is 2. The number of benzene rings is 1. The molecule has 0 spiro atoms. The molecule has 4 nitrogen and oxygen atoms in total. The molecule has 0 unspecified atom stereocenters. The van der Waals surface area contributed by atoms with Crippen LogP contribution in [0.15, 0.2) is 24.3 Å². The predicted molar refractivity (Wildman–Crippen MR) is 65.3 cm³/mol. The van der Waals surface area contributed by atoms with Gasteiger partial charge in [-0.05, 0) is 18.1 Å². The van der Waals surface area contributed by atoms with E-state index in [-0.39, 0.29) is 18.4 Å². The van der Waals surface area contributed by atoms with Crippen LogP contribution in [-0.4, -0.2) is 19.7 Å². The lowest BCUT2D eigenvalue weighted by molar-refractivity contribution is -0.143. The van der Waals surface area contributed by atoms with Crippen molar-refractivity contribution >= 4 is 5.97 Å². The van der Waals surface area contributed by atoms with Crippen LogP contribution in [0, 0.1) is 0 Å². The highest BCUT2D eigenvalue weighted by Gasteiger charge is 2.12. The summed E-state index contributed by atoms with van der Waals surface area (Å²) in [5.41, 5.74) is 7.93. The van der Waals surface area contributed by atoms with E-state index in [4.69, 9.17) is 15.2 Å². The second-order valence-corrected chi connectivity index (χ2v) is 3.79. The minimum Gasteiger partial charge on any atom is -0.466 e.